The van der Waals surface area contributed by atoms with E-state index in [-0.39, 0.29) is 6.42 Å². The first-order valence-electron chi connectivity index (χ1n) is 10.7. The Morgan fingerprint density at radius 3 is 2.65 bits per heavy atom. The highest BCUT2D eigenvalue weighted by Gasteiger charge is 2.27. The van der Waals surface area contributed by atoms with Crippen LogP contribution in [0.2, 0.25) is 5.02 Å². The van der Waals surface area contributed by atoms with Crippen LogP contribution in [0.25, 0.3) is 27.4 Å². The van der Waals surface area contributed by atoms with Crippen molar-refractivity contribution < 1.29 is 22.3 Å². The monoisotopic (exact) mass is 512 g/mol. The second-order valence-corrected chi connectivity index (χ2v) is 11.0. The van der Waals surface area contributed by atoms with E-state index in [0.29, 0.717) is 17.5 Å². The Morgan fingerprint density at radius 1 is 1.09 bits per heavy atom. The van der Waals surface area contributed by atoms with Crippen molar-refractivity contribution >= 4 is 55.0 Å². The first kappa shape index (κ1) is 22.9. The van der Waals surface area contributed by atoms with Crippen molar-refractivity contribution in [3.63, 3.8) is 0 Å². The summed E-state index contributed by atoms with van der Waals surface area (Å²) in [7, 11) is -2.33. The maximum Gasteiger partial charge on any atom is 0.268 e. The molecule has 174 valence electrons. The van der Waals surface area contributed by atoms with Crippen LogP contribution < -0.4 is 14.2 Å². The highest BCUT2D eigenvalue weighted by molar-refractivity contribution is 7.85. The smallest absolute Gasteiger partial charge is 0.268 e. The van der Waals surface area contributed by atoms with Crippen molar-refractivity contribution in [2.24, 2.45) is 0 Å². The van der Waals surface area contributed by atoms with Crippen molar-refractivity contribution in [1.82, 2.24) is 0 Å². The van der Waals surface area contributed by atoms with Gasteiger partial charge in [0.1, 0.15) is 4.70 Å². The van der Waals surface area contributed by atoms with Crippen LogP contribution >= 0.6 is 22.9 Å². The lowest BCUT2D eigenvalue weighted by Gasteiger charge is -2.11. The number of thiazole rings is 1. The molecule has 34 heavy (non-hydrogen) atoms. The van der Waals surface area contributed by atoms with Crippen LogP contribution in [0.15, 0.2) is 72.6 Å². The zero-order chi connectivity index (χ0) is 23.9. The number of rotatable bonds is 6. The number of fused-ring (bicyclic) bond motifs is 2. The number of nitrogens with zero attached hydrogens (tertiary/aromatic N) is 2. The Kier molecular flexibility index (Phi) is 6.07. The molecule has 5 rings (SSSR count). The molecular formula is C25H21ClN2O4S2. The van der Waals surface area contributed by atoms with Gasteiger partial charge in [-0.25, -0.2) is 8.42 Å². The lowest BCUT2D eigenvalue weighted by molar-refractivity contribution is -0.668. The van der Waals surface area contributed by atoms with Gasteiger partial charge in [0, 0.05) is 30.3 Å². The summed E-state index contributed by atoms with van der Waals surface area (Å²) in [4.78, 5) is 1.99. The molecule has 0 saturated heterocycles. The molecule has 1 aliphatic heterocycles. The van der Waals surface area contributed by atoms with Gasteiger partial charge in [-0.1, -0.05) is 59.3 Å². The van der Waals surface area contributed by atoms with Crippen LogP contribution in [0, 0.1) is 0 Å². The van der Waals surface area contributed by atoms with E-state index in [0.717, 1.165) is 37.8 Å². The number of aryl methyl sites for hydroxylation is 1. The number of hydrogen-bond acceptors (Lipinski definition) is 6. The average Bonchev–Trinajstić information content (AvgIpc) is 3.30. The number of halogens is 1. The lowest BCUT2D eigenvalue weighted by Crippen LogP contribution is -2.36. The van der Waals surface area contributed by atoms with Crippen molar-refractivity contribution in [1.29, 1.82) is 0 Å². The molecule has 1 aliphatic rings. The predicted octanol–water partition coefficient (Wildman–Crippen LogP) is 5.27. The second-order valence-electron chi connectivity index (χ2n) is 8.01. The largest absolute Gasteiger partial charge is 0.748 e. The fourth-order valence-corrected chi connectivity index (χ4v) is 5.76. The average molecular weight is 513 g/mol. The minimum Gasteiger partial charge on any atom is -0.748 e. The Balaban J connectivity index is 1.50. The highest BCUT2D eigenvalue weighted by Crippen LogP contribution is 2.41. The van der Waals surface area contributed by atoms with E-state index in [1.807, 2.05) is 71.1 Å². The van der Waals surface area contributed by atoms with Gasteiger partial charge in [0.25, 0.3) is 5.01 Å². The molecule has 0 atom stereocenters. The van der Waals surface area contributed by atoms with Crippen LogP contribution in [0.1, 0.15) is 11.4 Å². The van der Waals surface area contributed by atoms with E-state index in [2.05, 4.69) is 18.2 Å². The third-order valence-corrected chi connectivity index (χ3v) is 7.82. The molecule has 0 radical (unpaired) electrons. The molecule has 0 amide bonds. The van der Waals surface area contributed by atoms with E-state index < -0.39 is 15.9 Å². The predicted molar refractivity (Wildman–Crippen MR) is 135 cm³/mol. The Morgan fingerprint density at radius 2 is 1.88 bits per heavy atom. The molecule has 9 heteroatoms. The van der Waals surface area contributed by atoms with E-state index in [1.165, 1.54) is 0 Å². The summed E-state index contributed by atoms with van der Waals surface area (Å²) in [6.45, 7) is 0.371. The highest BCUT2D eigenvalue weighted by atomic mass is 35.5. The number of ether oxygens (including phenoxy) is 1. The quantitative estimate of drug-likeness (QED) is 0.260. The molecule has 1 aromatic heterocycles. The molecule has 4 aromatic rings. The molecule has 0 fully saturated rings. The van der Waals surface area contributed by atoms with E-state index in [1.54, 1.807) is 11.3 Å². The molecule has 2 heterocycles. The number of benzene rings is 3. The third kappa shape index (κ3) is 4.67. The summed E-state index contributed by atoms with van der Waals surface area (Å²) < 4.78 is 42.5. The fraction of sp³-hybridized carbons (Fsp3) is 0.160. The molecule has 6 nitrogen and oxygen atoms in total. The minimum absolute atomic E-state index is 0.211. The van der Waals surface area contributed by atoms with Gasteiger partial charge in [-0.3, -0.25) is 0 Å². The van der Waals surface area contributed by atoms with Crippen LogP contribution in [-0.2, 0) is 16.7 Å². The van der Waals surface area contributed by atoms with E-state index in [4.69, 9.17) is 16.3 Å². The van der Waals surface area contributed by atoms with Crippen molar-refractivity contribution in [3.05, 3.63) is 82.6 Å². The molecule has 0 aliphatic carbocycles. The summed E-state index contributed by atoms with van der Waals surface area (Å²) >= 11 is 7.78. The summed E-state index contributed by atoms with van der Waals surface area (Å²) in [5, 5.41) is 1.46. The third-order valence-electron chi connectivity index (χ3n) is 5.69. The van der Waals surface area contributed by atoms with E-state index in [9.17, 15) is 13.0 Å². The summed E-state index contributed by atoms with van der Waals surface area (Å²) in [6.07, 6.45) is 2.15. The van der Waals surface area contributed by atoms with Gasteiger partial charge in [-0.05, 0) is 35.4 Å². The van der Waals surface area contributed by atoms with Crippen molar-refractivity contribution in [2.45, 2.75) is 13.0 Å². The molecule has 0 N–H and O–H groups in total. The zero-order valence-corrected chi connectivity index (χ0v) is 20.7. The van der Waals surface area contributed by atoms with Gasteiger partial charge in [-0.2, -0.15) is 4.57 Å². The SMILES string of the molecule is CN1/C(=C/c2sc3ccc(Cl)cc3[n+]2CCCS(=O)(=O)[O-])Oc2ccc(-c3ccccc3)cc21. The molecular weight excluding hydrogens is 492 g/mol. The molecule has 0 bridgehead atoms. The van der Waals surface area contributed by atoms with Crippen LogP contribution in [0.4, 0.5) is 5.69 Å². The topological polar surface area (TPSA) is 73.6 Å². The summed E-state index contributed by atoms with van der Waals surface area (Å²) in [5.41, 5.74) is 4.07. The molecule has 0 spiro atoms. The Bertz CT molecular complexity index is 1510. The van der Waals surface area contributed by atoms with Gasteiger partial charge in [0.15, 0.2) is 12.3 Å². The number of aromatic nitrogens is 1. The van der Waals surface area contributed by atoms with Crippen molar-refractivity contribution in [2.75, 3.05) is 17.7 Å². The lowest BCUT2D eigenvalue weighted by atomic mass is 10.0. The summed E-state index contributed by atoms with van der Waals surface area (Å²) in [6, 6.07) is 21.9. The molecule has 0 unspecified atom stereocenters. The molecule has 3 aromatic carbocycles. The van der Waals surface area contributed by atoms with Gasteiger partial charge in [0.2, 0.25) is 11.4 Å². The standard InChI is InChI=1S/C25H21ClN2O4S2/c1-27-20-14-18(17-6-3-2-4-7-17)8-10-22(20)32-24(27)16-25-28(12-5-13-34(29,30)31)21-15-19(26)9-11-23(21)33-25/h2-4,6-11,14-16H,5,12-13H2,1H3. The second kappa shape index (κ2) is 9.03. The molecule has 0 saturated carbocycles. The van der Waals surface area contributed by atoms with Crippen LogP contribution in [0.5, 0.6) is 5.75 Å². The maximum absolute atomic E-state index is 11.1. The van der Waals surface area contributed by atoms with E-state index >= 15 is 0 Å². The first-order chi connectivity index (χ1) is 16.3. The van der Waals surface area contributed by atoms with Gasteiger partial charge in [-0.15, -0.1) is 0 Å². The number of anilines is 1. The van der Waals surface area contributed by atoms with Gasteiger partial charge < -0.3 is 14.2 Å². The fourth-order valence-electron chi connectivity index (χ4n) is 4.02. The van der Waals surface area contributed by atoms with Gasteiger partial charge in [0.05, 0.1) is 21.9 Å². The summed E-state index contributed by atoms with van der Waals surface area (Å²) in [5.74, 6) is 1.00. The Hall–Kier alpha value is -2.91. The number of hydrogen-bond donors (Lipinski definition) is 0. The zero-order valence-electron chi connectivity index (χ0n) is 18.3. The first-order valence-corrected chi connectivity index (χ1v) is 13.4. The van der Waals surface area contributed by atoms with Crippen molar-refractivity contribution in [3.8, 4) is 16.9 Å². The van der Waals surface area contributed by atoms with Crippen LogP contribution in [-0.4, -0.2) is 25.8 Å². The Labute approximate surface area is 207 Å². The van der Waals surface area contributed by atoms with Crippen LogP contribution in [0.3, 0.4) is 0 Å². The maximum atomic E-state index is 11.1. The van der Waals surface area contributed by atoms with Gasteiger partial charge >= 0.3 is 0 Å². The normalized spacial score (nSPS) is 14.6. The minimum atomic E-state index is -4.28.